The van der Waals surface area contributed by atoms with Gasteiger partial charge >= 0.3 is 0 Å². The Morgan fingerprint density at radius 1 is 1.24 bits per heavy atom. The second-order valence-electron chi connectivity index (χ2n) is 5.90. The van der Waals surface area contributed by atoms with Gasteiger partial charge in [0.15, 0.2) is 0 Å². The molecule has 0 spiro atoms. The predicted octanol–water partition coefficient (Wildman–Crippen LogP) is 3.25. The van der Waals surface area contributed by atoms with E-state index in [4.69, 9.17) is 4.74 Å². The van der Waals surface area contributed by atoms with Crippen molar-refractivity contribution in [2.45, 2.75) is 57.7 Å². The Labute approximate surface area is 127 Å². The molecule has 1 aromatic rings. The normalized spacial score (nSPS) is 23.4. The summed E-state index contributed by atoms with van der Waals surface area (Å²) in [4.78, 5) is 11.1. The Morgan fingerprint density at radius 3 is 2.52 bits per heavy atom. The lowest BCUT2D eigenvalue weighted by molar-refractivity contribution is -0.119. The van der Waals surface area contributed by atoms with Crippen LogP contribution in [0.4, 0.5) is 5.69 Å². The van der Waals surface area contributed by atoms with Gasteiger partial charge in [-0.25, -0.2) is 0 Å². The average molecular weight is 290 g/mol. The van der Waals surface area contributed by atoms with Gasteiger partial charge in [0.05, 0.1) is 6.10 Å². The van der Waals surface area contributed by atoms with E-state index in [2.05, 4.69) is 41.8 Å². The molecule has 2 rings (SSSR count). The van der Waals surface area contributed by atoms with Crippen molar-refractivity contribution in [3.8, 4) is 0 Å². The van der Waals surface area contributed by atoms with Gasteiger partial charge in [0.1, 0.15) is 0 Å². The van der Waals surface area contributed by atoms with Crippen molar-refractivity contribution in [2.24, 2.45) is 0 Å². The van der Waals surface area contributed by atoms with Gasteiger partial charge in [-0.2, -0.15) is 0 Å². The van der Waals surface area contributed by atoms with Crippen molar-refractivity contribution in [1.29, 1.82) is 0 Å². The van der Waals surface area contributed by atoms with Gasteiger partial charge in [-0.3, -0.25) is 4.79 Å². The van der Waals surface area contributed by atoms with E-state index in [-0.39, 0.29) is 12.0 Å². The molecule has 1 aromatic carbocycles. The number of amides is 1. The first-order chi connectivity index (χ1) is 10.1. The van der Waals surface area contributed by atoms with E-state index in [0.29, 0.717) is 12.1 Å². The number of ether oxygens (including phenoxy) is 1. The maximum Gasteiger partial charge on any atom is 0.217 e. The maximum absolute atomic E-state index is 11.1. The molecule has 1 amide bonds. The minimum absolute atomic E-state index is 0.0765. The van der Waals surface area contributed by atoms with E-state index in [9.17, 15) is 4.79 Å². The third-order valence-electron chi connectivity index (χ3n) is 4.21. The molecule has 1 aliphatic carbocycles. The number of carbonyl (C=O) groups is 1. The molecule has 4 nitrogen and oxygen atoms in total. The van der Waals surface area contributed by atoms with Crippen LogP contribution in [0.15, 0.2) is 24.3 Å². The van der Waals surface area contributed by atoms with Gasteiger partial charge in [0, 0.05) is 31.8 Å². The summed E-state index contributed by atoms with van der Waals surface area (Å²) in [5.41, 5.74) is 2.34. The van der Waals surface area contributed by atoms with Crippen molar-refractivity contribution in [2.75, 3.05) is 12.4 Å². The Kier molecular flexibility index (Phi) is 5.62. The van der Waals surface area contributed by atoms with Gasteiger partial charge in [0.25, 0.3) is 0 Å². The number of anilines is 1. The number of rotatable bonds is 5. The molecular formula is C17H26N2O2. The molecule has 0 radical (unpaired) electrons. The molecule has 1 aliphatic rings. The summed E-state index contributed by atoms with van der Waals surface area (Å²) in [6, 6.07) is 9.26. The minimum Gasteiger partial charge on any atom is -0.382 e. The Balaban J connectivity index is 1.87. The second kappa shape index (κ2) is 7.46. The molecule has 0 unspecified atom stereocenters. The molecule has 1 saturated carbocycles. The molecule has 4 heteroatoms. The smallest absolute Gasteiger partial charge is 0.217 e. The van der Waals surface area contributed by atoms with Gasteiger partial charge in [-0.1, -0.05) is 12.1 Å². The highest BCUT2D eigenvalue weighted by atomic mass is 16.5. The standard InChI is InChI=1S/C17H26N2O2/c1-12(21-3)14-5-4-6-17(11-14)19-16-9-7-15(8-10-16)18-13(2)20/h4-6,11-12,15-16,19H,7-10H2,1-3H3,(H,18,20)/t12-,15?,16?/m1/s1. The molecule has 2 N–H and O–H groups in total. The zero-order chi connectivity index (χ0) is 15.2. The number of nitrogens with one attached hydrogen (secondary N) is 2. The van der Waals surface area contributed by atoms with Gasteiger partial charge < -0.3 is 15.4 Å². The first-order valence-corrected chi connectivity index (χ1v) is 7.75. The van der Waals surface area contributed by atoms with Crippen molar-refractivity contribution in [3.63, 3.8) is 0 Å². The monoisotopic (exact) mass is 290 g/mol. The van der Waals surface area contributed by atoms with Crippen LogP contribution in [0.5, 0.6) is 0 Å². The number of benzene rings is 1. The maximum atomic E-state index is 11.1. The molecule has 0 heterocycles. The van der Waals surface area contributed by atoms with Crippen LogP contribution in [-0.4, -0.2) is 25.1 Å². The Bertz CT molecular complexity index is 468. The molecule has 1 fully saturated rings. The summed E-state index contributed by atoms with van der Waals surface area (Å²) in [5.74, 6) is 0.0765. The van der Waals surface area contributed by atoms with E-state index >= 15 is 0 Å². The van der Waals surface area contributed by atoms with E-state index in [1.165, 1.54) is 5.56 Å². The third-order valence-corrected chi connectivity index (χ3v) is 4.21. The van der Waals surface area contributed by atoms with E-state index in [0.717, 1.165) is 31.4 Å². The van der Waals surface area contributed by atoms with Crippen LogP contribution in [-0.2, 0) is 9.53 Å². The van der Waals surface area contributed by atoms with E-state index < -0.39 is 0 Å². The number of hydrogen-bond acceptors (Lipinski definition) is 3. The highest BCUT2D eigenvalue weighted by molar-refractivity contribution is 5.73. The molecule has 0 bridgehead atoms. The van der Waals surface area contributed by atoms with Gasteiger partial charge in [-0.15, -0.1) is 0 Å². The van der Waals surface area contributed by atoms with Gasteiger partial charge in [-0.05, 0) is 50.3 Å². The molecule has 116 valence electrons. The van der Waals surface area contributed by atoms with Crippen LogP contribution in [0.2, 0.25) is 0 Å². The summed E-state index contributed by atoms with van der Waals surface area (Å²) in [7, 11) is 1.73. The molecule has 0 aliphatic heterocycles. The summed E-state index contributed by atoms with van der Waals surface area (Å²) >= 11 is 0. The summed E-state index contributed by atoms with van der Waals surface area (Å²) < 4.78 is 5.36. The molecule has 0 aromatic heterocycles. The van der Waals surface area contributed by atoms with Crippen molar-refractivity contribution in [1.82, 2.24) is 5.32 Å². The minimum atomic E-state index is 0.0765. The fourth-order valence-electron chi connectivity index (χ4n) is 2.92. The largest absolute Gasteiger partial charge is 0.382 e. The van der Waals surface area contributed by atoms with Crippen LogP contribution in [0.25, 0.3) is 0 Å². The van der Waals surface area contributed by atoms with Crippen LogP contribution in [0.3, 0.4) is 0 Å². The first-order valence-electron chi connectivity index (χ1n) is 7.75. The third kappa shape index (κ3) is 4.74. The topological polar surface area (TPSA) is 50.4 Å². The fraction of sp³-hybridized carbons (Fsp3) is 0.588. The van der Waals surface area contributed by atoms with E-state index in [1.807, 2.05) is 0 Å². The summed E-state index contributed by atoms with van der Waals surface area (Å²) in [6.45, 7) is 3.64. The van der Waals surface area contributed by atoms with Crippen molar-refractivity contribution in [3.05, 3.63) is 29.8 Å². The lowest BCUT2D eigenvalue weighted by Crippen LogP contribution is -2.39. The van der Waals surface area contributed by atoms with Crippen LogP contribution >= 0.6 is 0 Å². The highest BCUT2D eigenvalue weighted by Gasteiger charge is 2.21. The Morgan fingerprint density at radius 2 is 1.90 bits per heavy atom. The van der Waals surface area contributed by atoms with E-state index in [1.54, 1.807) is 14.0 Å². The lowest BCUT2D eigenvalue weighted by atomic mass is 9.91. The van der Waals surface area contributed by atoms with Crippen molar-refractivity contribution >= 4 is 11.6 Å². The molecule has 0 saturated heterocycles. The Hall–Kier alpha value is -1.55. The SMILES string of the molecule is CO[C@H](C)c1cccc(NC2CCC(NC(C)=O)CC2)c1. The predicted molar refractivity (Wildman–Crippen MR) is 85.3 cm³/mol. The first kappa shape index (κ1) is 15.8. The van der Waals surface area contributed by atoms with Crippen LogP contribution in [0.1, 0.15) is 51.2 Å². The summed E-state index contributed by atoms with van der Waals surface area (Å²) in [5, 5.41) is 6.62. The van der Waals surface area contributed by atoms with Crippen LogP contribution in [0, 0.1) is 0 Å². The number of methoxy groups -OCH3 is 1. The highest BCUT2D eigenvalue weighted by Crippen LogP contribution is 2.24. The molecule has 21 heavy (non-hydrogen) atoms. The van der Waals surface area contributed by atoms with Gasteiger partial charge in [0.2, 0.25) is 5.91 Å². The number of carbonyl (C=O) groups excluding carboxylic acids is 1. The molecular weight excluding hydrogens is 264 g/mol. The average Bonchev–Trinajstić information content (AvgIpc) is 2.48. The van der Waals surface area contributed by atoms with Crippen molar-refractivity contribution < 1.29 is 9.53 Å². The molecule has 1 atom stereocenters. The zero-order valence-corrected chi connectivity index (χ0v) is 13.2. The quantitative estimate of drug-likeness (QED) is 0.875. The lowest BCUT2D eigenvalue weighted by Gasteiger charge is -2.30. The number of hydrogen-bond donors (Lipinski definition) is 2. The second-order valence-corrected chi connectivity index (χ2v) is 5.90. The zero-order valence-electron chi connectivity index (χ0n) is 13.2. The fourth-order valence-corrected chi connectivity index (χ4v) is 2.92. The summed E-state index contributed by atoms with van der Waals surface area (Å²) in [6.07, 6.45) is 4.39. The van der Waals surface area contributed by atoms with Crippen LogP contribution < -0.4 is 10.6 Å².